The first-order valence-corrected chi connectivity index (χ1v) is 8.48. The number of anilines is 1. The molecule has 0 saturated heterocycles. The van der Waals surface area contributed by atoms with Gasteiger partial charge in [0, 0.05) is 5.69 Å². The zero-order valence-corrected chi connectivity index (χ0v) is 14.7. The first-order chi connectivity index (χ1) is 12.5. The Bertz CT molecular complexity index is 802. The molecule has 1 N–H and O–H groups in total. The van der Waals surface area contributed by atoms with E-state index in [1.165, 1.54) is 0 Å². The molecule has 1 amide bonds. The lowest BCUT2D eigenvalue weighted by Gasteiger charge is -2.24. The maximum Gasteiger partial charge on any atom is 0.351 e. The van der Waals surface area contributed by atoms with E-state index in [-0.39, 0.29) is 13.2 Å². The Kier molecular flexibility index (Phi) is 5.41. The number of ether oxygens (including phenoxy) is 3. The highest BCUT2D eigenvalue weighted by atomic mass is 16.6. The molecule has 0 radical (unpaired) electrons. The Hall–Kier alpha value is -3.02. The summed E-state index contributed by atoms with van der Waals surface area (Å²) in [4.78, 5) is 24.1. The van der Waals surface area contributed by atoms with Gasteiger partial charge in [0.15, 0.2) is 18.1 Å². The van der Waals surface area contributed by atoms with Crippen LogP contribution in [0.4, 0.5) is 5.69 Å². The lowest BCUT2D eigenvalue weighted by Crippen LogP contribution is -2.39. The third kappa shape index (κ3) is 4.33. The SMILES string of the molecule is CC(C)c1cccc(NC(=O)COC(=O)[C@H]2COc3ccccc3O2)c1. The van der Waals surface area contributed by atoms with E-state index in [1.807, 2.05) is 24.3 Å². The monoisotopic (exact) mass is 355 g/mol. The van der Waals surface area contributed by atoms with Crippen molar-refractivity contribution < 1.29 is 23.8 Å². The highest BCUT2D eigenvalue weighted by Crippen LogP contribution is 2.31. The number of benzene rings is 2. The van der Waals surface area contributed by atoms with Crippen LogP contribution in [0.25, 0.3) is 0 Å². The Morgan fingerprint density at radius 2 is 1.92 bits per heavy atom. The third-order valence-corrected chi connectivity index (χ3v) is 3.95. The standard InChI is InChI=1S/C20H21NO5/c1-13(2)14-6-5-7-15(10-14)21-19(22)12-25-20(23)18-11-24-16-8-3-4-9-17(16)26-18/h3-10,13,18H,11-12H2,1-2H3,(H,21,22)/t18-/m1/s1. The van der Waals surface area contributed by atoms with E-state index in [2.05, 4.69) is 19.2 Å². The molecular formula is C20H21NO5. The van der Waals surface area contributed by atoms with Gasteiger partial charge in [-0.25, -0.2) is 4.79 Å². The number of esters is 1. The van der Waals surface area contributed by atoms with Gasteiger partial charge in [-0.3, -0.25) is 4.79 Å². The molecule has 1 heterocycles. The van der Waals surface area contributed by atoms with Gasteiger partial charge in [0.25, 0.3) is 5.91 Å². The third-order valence-electron chi connectivity index (χ3n) is 3.95. The Balaban J connectivity index is 1.50. The quantitative estimate of drug-likeness (QED) is 0.834. The molecule has 0 spiro atoms. The Labute approximate surface area is 152 Å². The van der Waals surface area contributed by atoms with E-state index in [4.69, 9.17) is 14.2 Å². The summed E-state index contributed by atoms with van der Waals surface area (Å²) in [5, 5.41) is 2.72. The molecule has 0 unspecified atom stereocenters. The van der Waals surface area contributed by atoms with Crippen LogP contribution in [0.3, 0.4) is 0 Å². The zero-order valence-electron chi connectivity index (χ0n) is 14.7. The first-order valence-electron chi connectivity index (χ1n) is 8.48. The van der Waals surface area contributed by atoms with Crippen LogP contribution in [0.5, 0.6) is 11.5 Å². The van der Waals surface area contributed by atoms with Gasteiger partial charge in [-0.1, -0.05) is 38.1 Å². The van der Waals surface area contributed by atoms with Gasteiger partial charge in [-0.2, -0.15) is 0 Å². The number of para-hydroxylation sites is 2. The molecular weight excluding hydrogens is 334 g/mol. The van der Waals surface area contributed by atoms with Crippen molar-refractivity contribution in [2.75, 3.05) is 18.5 Å². The molecule has 6 nitrogen and oxygen atoms in total. The normalized spacial score (nSPS) is 15.4. The summed E-state index contributed by atoms with van der Waals surface area (Å²) >= 11 is 0. The number of hydrogen-bond donors (Lipinski definition) is 1. The average molecular weight is 355 g/mol. The van der Waals surface area contributed by atoms with Crippen molar-refractivity contribution in [2.45, 2.75) is 25.9 Å². The summed E-state index contributed by atoms with van der Waals surface area (Å²) in [6, 6.07) is 14.6. The molecule has 0 aliphatic carbocycles. The van der Waals surface area contributed by atoms with Gasteiger partial charge in [0.05, 0.1) is 0 Å². The minimum absolute atomic E-state index is 0.0495. The van der Waals surface area contributed by atoms with Crippen LogP contribution in [0.1, 0.15) is 25.3 Å². The fraction of sp³-hybridized carbons (Fsp3) is 0.300. The Morgan fingerprint density at radius 3 is 2.69 bits per heavy atom. The van der Waals surface area contributed by atoms with Gasteiger partial charge in [-0.05, 0) is 35.7 Å². The van der Waals surface area contributed by atoms with Crippen molar-refractivity contribution in [1.82, 2.24) is 0 Å². The van der Waals surface area contributed by atoms with Gasteiger partial charge >= 0.3 is 5.97 Å². The second kappa shape index (κ2) is 7.91. The van der Waals surface area contributed by atoms with E-state index in [0.29, 0.717) is 23.1 Å². The van der Waals surface area contributed by atoms with Gasteiger partial charge < -0.3 is 19.5 Å². The maximum atomic E-state index is 12.1. The number of rotatable bonds is 5. The number of nitrogens with one attached hydrogen (secondary N) is 1. The molecule has 0 fully saturated rings. The number of amides is 1. The van der Waals surface area contributed by atoms with Gasteiger partial charge in [0.2, 0.25) is 6.10 Å². The number of fused-ring (bicyclic) bond motifs is 1. The summed E-state index contributed by atoms with van der Waals surface area (Å²) in [6.07, 6.45) is -0.887. The fourth-order valence-electron chi connectivity index (χ4n) is 2.54. The summed E-state index contributed by atoms with van der Waals surface area (Å²) in [5.41, 5.74) is 1.79. The largest absolute Gasteiger partial charge is 0.485 e. The minimum Gasteiger partial charge on any atom is -0.485 e. The van der Waals surface area contributed by atoms with Crippen LogP contribution in [0.15, 0.2) is 48.5 Å². The molecule has 0 bridgehead atoms. The van der Waals surface area contributed by atoms with Gasteiger partial charge in [-0.15, -0.1) is 0 Å². The van der Waals surface area contributed by atoms with Crippen LogP contribution in [-0.2, 0) is 14.3 Å². The highest BCUT2D eigenvalue weighted by Gasteiger charge is 2.29. The molecule has 0 aromatic heterocycles. The minimum atomic E-state index is -0.887. The van der Waals surface area contributed by atoms with Crippen LogP contribution in [0.2, 0.25) is 0 Å². The van der Waals surface area contributed by atoms with Crippen molar-refractivity contribution in [3.05, 3.63) is 54.1 Å². The summed E-state index contributed by atoms with van der Waals surface area (Å²) in [7, 11) is 0. The lowest BCUT2D eigenvalue weighted by atomic mass is 10.0. The van der Waals surface area contributed by atoms with E-state index in [9.17, 15) is 9.59 Å². The molecule has 2 aromatic carbocycles. The average Bonchev–Trinajstić information content (AvgIpc) is 2.66. The predicted octanol–water partition coefficient (Wildman–Crippen LogP) is 3.13. The first kappa shape index (κ1) is 17.8. The number of carbonyl (C=O) groups excluding carboxylic acids is 2. The summed E-state index contributed by atoms with van der Waals surface area (Å²) in [6.45, 7) is 3.82. The molecule has 1 aliphatic rings. The maximum absolute atomic E-state index is 12.1. The van der Waals surface area contributed by atoms with Crippen LogP contribution >= 0.6 is 0 Å². The fourth-order valence-corrected chi connectivity index (χ4v) is 2.54. The molecule has 0 saturated carbocycles. The van der Waals surface area contributed by atoms with E-state index in [1.54, 1.807) is 24.3 Å². The van der Waals surface area contributed by atoms with Crippen molar-refractivity contribution in [3.63, 3.8) is 0 Å². The van der Waals surface area contributed by atoms with E-state index >= 15 is 0 Å². The summed E-state index contributed by atoms with van der Waals surface area (Å²) in [5.74, 6) is 0.382. The topological polar surface area (TPSA) is 73.9 Å². The molecule has 2 aromatic rings. The second-order valence-corrected chi connectivity index (χ2v) is 6.30. The molecule has 1 atom stereocenters. The zero-order chi connectivity index (χ0) is 18.5. The summed E-state index contributed by atoms with van der Waals surface area (Å²) < 4.78 is 16.1. The van der Waals surface area contributed by atoms with Crippen LogP contribution < -0.4 is 14.8 Å². The van der Waals surface area contributed by atoms with Crippen LogP contribution in [-0.4, -0.2) is 31.2 Å². The van der Waals surface area contributed by atoms with Crippen molar-refractivity contribution in [3.8, 4) is 11.5 Å². The van der Waals surface area contributed by atoms with E-state index < -0.39 is 18.0 Å². The molecule has 1 aliphatic heterocycles. The number of carbonyl (C=O) groups is 2. The molecule has 26 heavy (non-hydrogen) atoms. The van der Waals surface area contributed by atoms with Crippen LogP contribution in [0, 0.1) is 0 Å². The lowest BCUT2D eigenvalue weighted by molar-refractivity contribution is -0.156. The predicted molar refractivity (Wildman–Crippen MR) is 96.5 cm³/mol. The smallest absolute Gasteiger partial charge is 0.351 e. The second-order valence-electron chi connectivity index (χ2n) is 6.30. The van der Waals surface area contributed by atoms with Crippen molar-refractivity contribution in [2.24, 2.45) is 0 Å². The van der Waals surface area contributed by atoms with Crippen molar-refractivity contribution in [1.29, 1.82) is 0 Å². The van der Waals surface area contributed by atoms with Crippen molar-refractivity contribution >= 4 is 17.6 Å². The molecule has 6 heteroatoms. The number of hydrogen-bond acceptors (Lipinski definition) is 5. The Morgan fingerprint density at radius 1 is 1.15 bits per heavy atom. The van der Waals surface area contributed by atoms with E-state index in [0.717, 1.165) is 5.56 Å². The molecule has 3 rings (SSSR count). The molecule has 136 valence electrons. The van der Waals surface area contributed by atoms with Gasteiger partial charge in [0.1, 0.15) is 6.61 Å². The highest BCUT2D eigenvalue weighted by molar-refractivity contribution is 5.93.